The topological polar surface area (TPSA) is 71.8 Å². The molecule has 5 aromatic rings. The predicted molar refractivity (Wildman–Crippen MR) is 138 cm³/mol. The van der Waals surface area contributed by atoms with E-state index in [2.05, 4.69) is 15.6 Å². The van der Waals surface area contributed by atoms with Crippen LogP contribution < -0.4 is 10.6 Å². The Kier molecular flexibility index (Phi) is 5.97. The van der Waals surface area contributed by atoms with Gasteiger partial charge in [0.2, 0.25) is 5.91 Å². The summed E-state index contributed by atoms with van der Waals surface area (Å²) in [6, 6.07) is 22.0. The van der Waals surface area contributed by atoms with Gasteiger partial charge in [-0.15, -0.1) is 0 Å². The molecule has 7 heteroatoms. The van der Waals surface area contributed by atoms with Crippen molar-refractivity contribution in [3.63, 3.8) is 0 Å². The molecule has 0 spiro atoms. The number of nitrogens with one attached hydrogen (secondary N) is 2. The molecule has 2 aromatic carbocycles. The molecule has 0 saturated heterocycles. The number of hydrogen-bond donors (Lipinski definition) is 2. The number of carbonyl (C=O) groups is 1. The van der Waals surface area contributed by atoms with Crippen LogP contribution in [-0.2, 0) is 11.8 Å². The lowest BCUT2D eigenvalue weighted by Crippen LogP contribution is -2.13. The number of anilines is 3. The lowest BCUT2D eigenvalue weighted by Gasteiger charge is -2.13. The van der Waals surface area contributed by atoms with E-state index in [9.17, 15) is 9.18 Å². The molecule has 3 heterocycles. The van der Waals surface area contributed by atoms with Crippen molar-refractivity contribution in [2.45, 2.75) is 13.3 Å². The van der Waals surface area contributed by atoms with E-state index in [4.69, 9.17) is 4.98 Å². The van der Waals surface area contributed by atoms with Gasteiger partial charge in [-0.05, 0) is 65.7 Å². The Morgan fingerprint density at radius 3 is 2.37 bits per heavy atom. The van der Waals surface area contributed by atoms with Crippen molar-refractivity contribution < 1.29 is 9.18 Å². The van der Waals surface area contributed by atoms with Crippen LogP contribution in [0.1, 0.15) is 13.3 Å². The van der Waals surface area contributed by atoms with Gasteiger partial charge in [0, 0.05) is 42.5 Å². The van der Waals surface area contributed by atoms with Gasteiger partial charge in [0.25, 0.3) is 0 Å². The molecule has 0 atom stereocenters. The van der Waals surface area contributed by atoms with Crippen LogP contribution in [0.3, 0.4) is 0 Å². The average molecular weight is 466 g/mol. The van der Waals surface area contributed by atoms with Crippen LogP contribution in [0.15, 0.2) is 85.2 Å². The highest BCUT2D eigenvalue weighted by molar-refractivity contribution is 6.06. The Labute approximate surface area is 202 Å². The molecule has 2 N–H and O–H groups in total. The monoisotopic (exact) mass is 465 g/mol. The molecule has 174 valence electrons. The molecule has 0 aliphatic rings. The van der Waals surface area contributed by atoms with Crippen molar-refractivity contribution in [3.8, 4) is 22.4 Å². The third kappa shape index (κ3) is 4.36. The number of pyridine rings is 2. The molecule has 3 aromatic heterocycles. The number of hydrogen-bond acceptors (Lipinski definition) is 4. The molecule has 0 bridgehead atoms. The number of amides is 1. The second kappa shape index (κ2) is 9.38. The van der Waals surface area contributed by atoms with Crippen molar-refractivity contribution in [2.75, 3.05) is 10.6 Å². The van der Waals surface area contributed by atoms with Gasteiger partial charge in [-0.3, -0.25) is 9.78 Å². The van der Waals surface area contributed by atoms with E-state index in [1.54, 1.807) is 31.5 Å². The minimum atomic E-state index is -0.296. The molecule has 35 heavy (non-hydrogen) atoms. The van der Waals surface area contributed by atoms with Crippen LogP contribution in [0.4, 0.5) is 21.6 Å². The lowest BCUT2D eigenvalue weighted by atomic mass is 9.99. The second-order valence-electron chi connectivity index (χ2n) is 8.17. The normalized spacial score (nSPS) is 10.9. The van der Waals surface area contributed by atoms with Gasteiger partial charge < -0.3 is 15.2 Å². The zero-order valence-corrected chi connectivity index (χ0v) is 19.4. The summed E-state index contributed by atoms with van der Waals surface area (Å²) in [6.45, 7) is 1.80. The van der Waals surface area contributed by atoms with Crippen LogP contribution in [0.5, 0.6) is 0 Å². The van der Waals surface area contributed by atoms with E-state index in [-0.39, 0.29) is 11.7 Å². The summed E-state index contributed by atoms with van der Waals surface area (Å²) in [4.78, 5) is 21.4. The summed E-state index contributed by atoms with van der Waals surface area (Å²) in [5.41, 5.74) is 5.91. The van der Waals surface area contributed by atoms with Crippen molar-refractivity contribution in [3.05, 3.63) is 91.0 Å². The van der Waals surface area contributed by atoms with E-state index >= 15 is 0 Å². The van der Waals surface area contributed by atoms with Crippen molar-refractivity contribution in [2.24, 2.45) is 7.05 Å². The summed E-state index contributed by atoms with van der Waals surface area (Å²) in [5, 5.41) is 7.22. The van der Waals surface area contributed by atoms with Gasteiger partial charge in [0.05, 0.1) is 11.4 Å². The van der Waals surface area contributed by atoms with Crippen LogP contribution in [0.2, 0.25) is 0 Å². The Hall–Kier alpha value is -4.52. The van der Waals surface area contributed by atoms with Crippen LogP contribution in [0.25, 0.3) is 33.4 Å². The van der Waals surface area contributed by atoms with Gasteiger partial charge in [0.1, 0.15) is 11.5 Å². The van der Waals surface area contributed by atoms with Gasteiger partial charge in [-0.25, -0.2) is 9.37 Å². The number of benzene rings is 2. The van der Waals surface area contributed by atoms with Gasteiger partial charge in [-0.1, -0.05) is 25.1 Å². The van der Waals surface area contributed by atoms with E-state index in [0.717, 1.165) is 33.5 Å². The smallest absolute Gasteiger partial charge is 0.225 e. The van der Waals surface area contributed by atoms with Crippen LogP contribution >= 0.6 is 0 Å². The number of halogens is 1. The number of para-hydroxylation sites is 1. The van der Waals surface area contributed by atoms with Crippen molar-refractivity contribution >= 4 is 34.1 Å². The summed E-state index contributed by atoms with van der Waals surface area (Å²) in [6.07, 6.45) is 3.82. The number of aryl methyl sites for hydroxylation is 1. The standard InChI is InChI=1S/C28H24FN5O/c1-3-24(35)32-27-23(31-21-7-5-4-6-8-21)17-22-25(18-13-15-30-16-14-18)26(34(2)28(22)33-27)19-9-11-20(29)12-10-19/h4-17,31H,3H2,1-2H3,(H,32,33,35). The predicted octanol–water partition coefficient (Wildman–Crippen LogP) is 6.53. The van der Waals surface area contributed by atoms with Crippen molar-refractivity contribution in [1.29, 1.82) is 0 Å². The third-order valence-electron chi connectivity index (χ3n) is 5.88. The molecule has 0 aliphatic heterocycles. The van der Waals surface area contributed by atoms with Gasteiger partial charge >= 0.3 is 0 Å². The summed E-state index contributed by atoms with van der Waals surface area (Å²) in [7, 11) is 1.93. The number of carbonyl (C=O) groups excluding carboxylic acids is 1. The fourth-order valence-corrected chi connectivity index (χ4v) is 4.19. The summed E-state index contributed by atoms with van der Waals surface area (Å²) >= 11 is 0. The van der Waals surface area contributed by atoms with Crippen LogP contribution in [-0.4, -0.2) is 20.4 Å². The number of nitrogens with zero attached hydrogens (tertiary/aromatic N) is 3. The molecular formula is C28H24FN5O. The number of rotatable bonds is 6. The zero-order chi connectivity index (χ0) is 24.4. The van der Waals surface area contributed by atoms with E-state index < -0.39 is 0 Å². The lowest BCUT2D eigenvalue weighted by molar-refractivity contribution is -0.115. The first-order valence-electron chi connectivity index (χ1n) is 11.4. The quantitative estimate of drug-likeness (QED) is 0.299. The number of aromatic nitrogens is 3. The zero-order valence-electron chi connectivity index (χ0n) is 19.4. The first-order chi connectivity index (χ1) is 17.0. The molecule has 0 fully saturated rings. The van der Waals surface area contributed by atoms with E-state index in [0.29, 0.717) is 23.6 Å². The third-order valence-corrected chi connectivity index (χ3v) is 5.88. The highest BCUT2D eigenvalue weighted by Gasteiger charge is 2.22. The molecule has 5 rings (SSSR count). The highest BCUT2D eigenvalue weighted by Crippen LogP contribution is 2.42. The van der Waals surface area contributed by atoms with E-state index in [1.807, 2.05) is 60.1 Å². The first-order valence-corrected chi connectivity index (χ1v) is 11.4. The average Bonchev–Trinajstić information content (AvgIpc) is 3.17. The molecule has 1 amide bonds. The SMILES string of the molecule is CCC(=O)Nc1nc2c(cc1Nc1ccccc1)c(-c1ccncc1)c(-c1ccc(F)cc1)n2C. The summed E-state index contributed by atoms with van der Waals surface area (Å²) < 4.78 is 15.7. The molecule has 0 radical (unpaired) electrons. The fourth-order valence-electron chi connectivity index (χ4n) is 4.19. The van der Waals surface area contributed by atoms with E-state index in [1.165, 1.54) is 12.1 Å². The Balaban J connectivity index is 1.80. The minimum Gasteiger partial charge on any atom is -0.352 e. The number of fused-ring (bicyclic) bond motifs is 1. The molecule has 0 saturated carbocycles. The Morgan fingerprint density at radius 1 is 0.971 bits per heavy atom. The molecular weight excluding hydrogens is 441 g/mol. The molecule has 6 nitrogen and oxygen atoms in total. The Bertz CT molecular complexity index is 1500. The van der Waals surface area contributed by atoms with Gasteiger partial charge in [0.15, 0.2) is 5.82 Å². The maximum atomic E-state index is 13.7. The first kappa shape index (κ1) is 22.3. The van der Waals surface area contributed by atoms with Crippen molar-refractivity contribution in [1.82, 2.24) is 14.5 Å². The summed E-state index contributed by atoms with van der Waals surface area (Å²) in [5.74, 6) is 0.0195. The molecule has 0 aliphatic carbocycles. The Morgan fingerprint density at radius 2 is 1.69 bits per heavy atom. The highest BCUT2D eigenvalue weighted by atomic mass is 19.1. The van der Waals surface area contributed by atoms with Crippen LogP contribution in [0, 0.1) is 5.82 Å². The largest absolute Gasteiger partial charge is 0.352 e. The second-order valence-corrected chi connectivity index (χ2v) is 8.17. The maximum absolute atomic E-state index is 13.7. The maximum Gasteiger partial charge on any atom is 0.225 e. The minimum absolute atomic E-state index is 0.129. The molecule has 0 unspecified atom stereocenters. The fraction of sp³-hybridized carbons (Fsp3) is 0.107. The van der Waals surface area contributed by atoms with Gasteiger partial charge in [-0.2, -0.15) is 0 Å².